The van der Waals surface area contributed by atoms with E-state index in [1.807, 2.05) is 36.4 Å². The van der Waals surface area contributed by atoms with Gasteiger partial charge in [-0.05, 0) is 58.8 Å². The highest BCUT2D eigenvalue weighted by atomic mass is 35.5. The van der Waals surface area contributed by atoms with Crippen molar-refractivity contribution in [3.8, 4) is 11.8 Å². The molecule has 0 radical (unpaired) electrons. The summed E-state index contributed by atoms with van der Waals surface area (Å²) in [4.78, 5) is 12.8. The van der Waals surface area contributed by atoms with Crippen molar-refractivity contribution >= 4 is 51.6 Å². The van der Waals surface area contributed by atoms with E-state index in [1.165, 1.54) is 24.3 Å². The van der Waals surface area contributed by atoms with E-state index in [0.717, 1.165) is 16.3 Å². The Morgan fingerprint density at radius 1 is 1.00 bits per heavy atom. The van der Waals surface area contributed by atoms with Crippen molar-refractivity contribution in [2.75, 3.05) is 5.32 Å². The van der Waals surface area contributed by atoms with E-state index in [4.69, 9.17) is 27.9 Å². The van der Waals surface area contributed by atoms with Gasteiger partial charge < -0.3 is 10.1 Å². The molecule has 0 aliphatic carbocycles. The Hall–Kier alpha value is -3.85. The predicted octanol–water partition coefficient (Wildman–Crippen LogP) is 7.41. The Morgan fingerprint density at radius 2 is 1.76 bits per heavy atom. The molecule has 0 heterocycles. The van der Waals surface area contributed by atoms with Crippen LogP contribution in [0.25, 0.3) is 16.8 Å². The molecule has 0 aliphatic rings. The van der Waals surface area contributed by atoms with Crippen molar-refractivity contribution in [1.82, 2.24) is 0 Å². The molecule has 1 amide bonds. The number of hydrogen-bond acceptors (Lipinski definition) is 3. The molecule has 0 fully saturated rings. The Labute approximate surface area is 205 Å². The van der Waals surface area contributed by atoms with Crippen LogP contribution in [0, 0.1) is 17.1 Å². The number of nitrogens with zero attached hydrogens (tertiary/aromatic N) is 1. The standard InChI is InChI=1S/C27H17Cl2FN2O2/c28-24-11-10-21(14-25(24)29)32-27(33)19(15-31)13-23-22-4-2-1-3-18(22)7-12-26(23)34-16-17-5-8-20(30)9-6-17/h1-14H,16H2,(H,32,33)/b19-13+. The number of anilines is 1. The summed E-state index contributed by atoms with van der Waals surface area (Å²) in [6, 6.07) is 23.9. The summed E-state index contributed by atoms with van der Waals surface area (Å²) in [6.45, 7) is 0.191. The van der Waals surface area contributed by atoms with Crippen LogP contribution in [0.4, 0.5) is 10.1 Å². The number of benzene rings is 4. The molecule has 0 saturated carbocycles. The largest absolute Gasteiger partial charge is 0.488 e. The first-order chi connectivity index (χ1) is 16.4. The minimum absolute atomic E-state index is 0.117. The Morgan fingerprint density at radius 3 is 2.50 bits per heavy atom. The number of halogens is 3. The molecule has 7 heteroatoms. The first kappa shape index (κ1) is 23.3. The maximum absolute atomic E-state index is 13.2. The lowest BCUT2D eigenvalue weighted by molar-refractivity contribution is -0.112. The van der Waals surface area contributed by atoms with E-state index in [0.29, 0.717) is 22.0 Å². The number of rotatable bonds is 6. The minimum atomic E-state index is -0.599. The monoisotopic (exact) mass is 490 g/mol. The Balaban J connectivity index is 1.69. The van der Waals surface area contributed by atoms with Gasteiger partial charge >= 0.3 is 0 Å². The normalized spacial score (nSPS) is 11.2. The molecular formula is C27H17Cl2FN2O2. The fourth-order valence-electron chi connectivity index (χ4n) is 3.36. The van der Waals surface area contributed by atoms with Crippen LogP contribution in [0.1, 0.15) is 11.1 Å². The fourth-order valence-corrected chi connectivity index (χ4v) is 3.66. The van der Waals surface area contributed by atoms with E-state index in [9.17, 15) is 14.4 Å². The molecule has 4 aromatic rings. The second kappa shape index (κ2) is 10.4. The first-order valence-electron chi connectivity index (χ1n) is 10.2. The smallest absolute Gasteiger partial charge is 0.266 e. The second-order valence-electron chi connectivity index (χ2n) is 7.37. The molecule has 168 valence electrons. The lowest BCUT2D eigenvalue weighted by Crippen LogP contribution is -2.13. The topological polar surface area (TPSA) is 62.1 Å². The van der Waals surface area contributed by atoms with Gasteiger partial charge in [0, 0.05) is 11.3 Å². The highest BCUT2D eigenvalue weighted by Gasteiger charge is 2.14. The molecular weight excluding hydrogens is 474 g/mol. The molecule has 0 bridgehead atoms. The zero-order valence-corrected chi connectivity index (χ0v) is 19.2. The SMILES string of the molecule is N#C/C(=C\c1c(OCc2ccc(F)cc2)ccc2ccccc12)C(=O)Nc1ccc(Cl)c(Cl)c1. The molecule has 0 unspecified atom stereocenters. The Kier molecular flexibility index (Phi) is 7.12. The summed E-state index contributed by atoms with van der Waals surface area (Å²) in [5, 5.41) is 14.8. The van der Waals surface area contributed by atoms with Gasteiger partial charge in [0.2, 0.25) is 0 Å². The zero-order chi connectivity index (χ0) is 24.1. The van der Waals surface area contributed by atoms with E-state index in [-0.39, 0.29) is 23.0 Å². The Bertz CT molecular complexity index is 1440. The van der Waals surface area contributed by atoms with E-state index < -0.39 is 5.91 Å². The van der Waals surface area contributed by atoms with Crippen LogP contribution in [0.5, 0.6) is 5.75 Å². The maximum Gasteiger partial charge on any atom is 0.266 e. The highest BCUT2D eigenvalue weighted by Crippen LogP contribution is 2.31. The van der Waals surface area contributed by atoms with Crippen molar-refractivity contribution in [3.05, 3.63) is 111 Å². The molecule has 0 aromatic heterocycles. The molecule has 1 N–H and O–H groups in total. The van der Waals surface area contributed by atoms with Gasteiger partial charge in [-0.3, -0.25) is 4.79 Å². The number of carbonyl (C=O) groups is 1. The van der Waals surface area contributed by atoms with Gasteiger partial charge in [-0.1, -0.05) is 65.7 Å². The van der Waals surface area contributed by atoms with Gasteiger partial charge in [0.05, 0.1) is 10.0 Å². The van der Waals surface area contributed by atoms with E-state index in [1.54, 1.807) is 30.3 Å². The lowest BCUT2D eigenvalue weighted by atomic mass is 10.0. The summed E-state index contributed by atoms with van der Waals surface area (Å²) < 4.78 is 19.2. The summed E-state index contributed by atoms with van der Waals surface area (Å²) in [7, 11) is 0. The van der Waals surface area contributed by atoms with E-state index in [2.05, 4.69) is 5.32 Å². The van der Waals surface area contributed by atoms with Gasteiger partial charge in [0.15, 0.2) is 0 Å². The van der Waals surface area contributed by atoms with Crippen LogP contribution >= 0.6 is 23.2 Å². The number of fused-ring (bicyclic) bond motifs is 1. The van der Waals surface area contributed by atoms with Crippen molar-refractivity contribution in [3.63, 3.8) is 0 Å². The third-order valence-electron chi connectivity index (χ3n) is 5.07. The van der Waals surface area contributed by atoms with Crippen LogP contribution in [-0.2, 0) is 11.4 Å². The third kappa shape index (κ3) is 5.37. The van der Waals surface area contributed by atoms with Crippen molar-refractivity contribution < 1.29 is 13.9 Å². The fraction of sp³-hybridized carbons (Fsp3) is 0.0370. The zero-order valence-electron chi connectivity index (χ0n) is 17.7. The number of nitrogens with one attached hydrogen (secondary N) is 1. The molecule has 0 atom stereocenters. The predicted molar refractivity (Wildman–Crippen MR) is 133 cm³/mol. The molecule has 0 spiro atoms. The first-order valence-corrected chi connectivity index (χ1v) is 11.0. The molecule has 34 heavy (non-hydrogen) atoms. The molecule has 4 rings (SSSR count). The van der Waals surface area contributed by atoms with Crippen LogP contribution in [0.2, 0.25) is 10.0 Å². The summed E-state index contributed by atoms with van der Waals surface area (Å²) in [5.41, 5.74) is 1.66. The molecule has 0 saturated heterocycles. The van der Waals surface area contributed by atoms with Crippen LogP contribution in [0.3, 0.4) is 0 Å². The lowest BCUT2D eigenvalue weighted by Gasteiger charge is -2.13. The average molecular weight is 491 g/mol. The number of hydrogen-bond donors (Lipinski definition) is 1. The minimum Gasteiger partial charge on any atom is -0.488 e. The molecule has 4 aromatic carbocycles. The van der Waals surface area contributed by atoms with Crippen molar-refractivity contribution in [2.24, 2.45) is 0 Å². The summed E-state index contributed by atoms with van der Waals surface area (Å²) >= 11 is 11.9. The summed E-state index contributed by atoms with van der Waals surface area (Å²) in [6.07, 6.45) is 1.50. The van der Waals surface area contributed by atoms with Gasteiger partial charge in [0.25, 0.3) is 5.91 Å². The van der Waals surface area contributed by atoms with Gasteiger partial charge in [-0.15, -0.1) is 0 Å². The summed E-state index contributed by atoms with van der Waals surface area (Å²) in [5.74, 6) is -0.443. The van der Waals surface area contributed by atoms with Gasteiger partial charge in [-0.2, -0.15) is 5.26 Å². The highest BCUT2D eigenvalue weighted by molar-refractivity contribution is 6.42. The van der Waals surface area contributed by atoms with Gasteiger partial charge in [0.1, 0.15) is 29.8 Å². The second-order valence-corrected chi connectivity index (χ2v) is 8.18. The third-order valence-corrected chi connectivity index (χ3v) is 5.81. The van der Waals surface area contributed by atoms with E-state index >= 15 is 0 Å². The van der Waals surface area contributed by atoms with Crippen LogP contribution in [-0.4, -0.2) is 5.91 Å². The number of nitriles is 1. The maximum atomic E-state index is 13.2. The van der Waals surface area contributed by atoms with Gasteiger partial charge in [-0.25, -0.2) is 4.39 Å². The molecule has 4 nitrogen and oxygen atoms in total. The van der Waals surface area contributed by atoms with Crippen LogP contribution < -0.4 is 10.1 Å². The van der Waals surface area contributed by atoms with Crippen molar-refractivity contribution in [2.45, 2.75) is 6.61 Å². The average Bonchev–Trinajstić information content (AvgIpc) is 2.84. The quantitative estimate of drug-likeness (QED) is 0.226. The number of amides is 1. The molecule has 0 aliphatic heterocycles. The number of carbonyl (C=O) groups excluding carboxylic acids is 1. The van der Waals surface area contributed by atoms with Crippen molar-refractivity contribution in [1.29, 1.82) is 5.26 Å². The number of ether oxygens (including phenoxy) is 1. The van der Waals surface area contributed by atoms with Crippen LogP contribution in [0.15, 0.2) is 84.4 Å².